The molecule has 0 aromatic carbocycles. The van der Waals surface area contributed by atoms with Crippen LogP contribution in [0.25, 0.3) is 0 Å². The van der Waals surface area contributed by atoms with Crippen molar-refractivity contribution in [1.29, 1.82) is 0 Å². The van der Waals surface area contributed by atoms with E-state index >= 15 is 0 Å². The van der Waals surface area contributed by atoms with Crippen LogP contribution in [0.15, 0.2) is 0 Å². The van der Waals surface area contributed by atoms with Gasteiger partial charge < -0.3 is 10.0 Å². The summed E-state index contributed by atoms with van der Waals surface area (Å²) in [4.78, 5) is 13.6. The predicted molar refractivity (Wildman–Crippen MR) is 58.4 cm³/mol. The van der Waals surface area contributed by atoms with Gasteiger partial charge in [-0.05, 0) is 32.1 Å². The molecular formula is C12H21NO2. The molecule has 0 radical (unpaired) electrons. The highest BCUT2D eigenvalue weighted by Gasteiger charge is 2.42. The van der Waals surface area contributed by atoms with E-state index in [1.54, 1.807) is 6.92 Å². The molecule has 15 heavy (non-hydrogen) atoms. The average Bonchev–Trinajstić information content (AvgIpc) is 2.19. The third-order valence-corrected chi connectivity index (χ3v) is 4.13. The van der Waals surface area contributed by atoms with Gasteiger partial charge in [0.05, 0.1) is 12.1 Å². The van der Waals surface area contributed by atoms with Gasteiger partial charge in [-0.2, -0.15) is 0 Å². The lowest BCUT2D eigenvalue weighted by molar-refractivity contribution is -0.145. The van der Waals surface area contributed by atoms with Gasteiger partial charge in [0, 0.05) is 13.0 Å². The van der Waals surface area contributed by atoms with Crippen molar-refractivity contribution in [2.24, 2.45) is 5.92 Å². The van der Waals surface area contributed by atoms with E-state index < -0.39 is 0 Å². The minimum atomic E-state index is -0.326. The Kier molecular flexibility index (Phi) is 3.01. The zero-order chi connectivity index (χ0) is 11.0. The number of fused-ring (bicyclic) bond motifs is 1. The number of amides is 1. The normalized spacial score (nSPS) is 41.1. The molecule has 0 spiro atoms. The molecule has 2 unspecified atom stereocenters. The van der Waals surface area contributed by atoms with E-state index in [0.29, 0.717) is 12.0 Å². The maximum absolute atomic E-state index is 11.6. The first kappa shape index (κ1) is 10.9. The highest BCUT2D eigenvalue weighted by atomic mass is 16.3. The molecule has 1 saturated heterocycles. The van der Waals surface area contributed by atoms with Crippen molar-refractivity contribution in [3.05, 3.63) is 0 Å². The molecule has 1 heterocycles. The standard InChI is InChI=1S/C12H21NO2/c1-8-12(15)7-10-5-3-4-6-11(10)13(8)9(2)14/h8,10-12,15H,3-7H2,1-2H3/t8-,10?,11?,12+/m0/s1. The van der Waals surface area contributed by atoms with E-state index in [1.165, 1.54) is 19.3 Å². The Balaban J connectivity index is 2.19. The van der Waals surface area contributed by atoms with Crippen LogP contribution in [0.2, 0.25) is 0 Å². The van der Waals surface area contributed by atoms with Crippen molar-refractivity contribution < 1.29 is 9.90 Å². The summed E-state index contributed by atoms with van der Waals surface area (Å²) >= 11 is 0. The fourth-order valence-corrected chi connectivity index (χ4v) is 3.34. The largest absolute Gasteiger partial charge is 0.391 e. The number of piperidine rings is 1. The number of carbonyl (C=O) groups is 1. The summed E-state index contributed by atoms with van der Waals surface area (Å²) in [5.41, 5.74) is 0. The second kappa shape index (κ2) is 4.12. The van der Waals surface area contributed by atoms with E-state index in [-0.39, 0.29) is 18.1 Å². The first-order chi connectivity index (χ1) is 7.11. The summed E-state index contributed by atoms with van der Waals surface area (Å²) in [6.45, 7) is 3.59. The SMILES string of the molecule is CC(=O)N1C2CCCCC2C[C@@H](O)[C@@H]1C. The van der Waals surface area contributed by atoms with Crippen LogP contribution >= 0.6 is 0 Å². The van der Waals surface area contributed by atoms with Gasteiger partial charge in [0.2, 0.25) is 5.91 Å². The lowest BCUT2D eigenvalue weighted by Crippen LogP contribution is -2.58. The molecule has 2 aliphatic rings. The summed E-state index contributed by atoms with van der Waals surface area (Å²) in [7, 11) is 0. The monoisotopic (exact) mass is 211 g/mol. The van der Waals surface area contributed by atoms with E-state index in [4.69, 9.17) is 0 Å². The Morgan fingerprint density at radius 1 is 1.33 bits per heavy atom. The summed E-state index contributed by atoms with van der Waals surface area (Å²) in [5.74, 6) is 0.659. The minimum Gasteiger partial charge on any atom is -0.391 e. The van der Waals surface area contributed by atoms with Gasteiger partial charge in [-0.1, -0.05) is 12.8 Å². The van der Waals surface area contributed by atoms with E-state index in [1.807, 2.05) is 11.8 Å². The molecule has 2 rings (SSSR count). The maximum Gasteiger partial charge on any atom is 0.220 e. The van der Waals surface area contributed by atoms with Crippen LogP contribution in [0.3, 0.4) is 0 Å². The highest BCUT2D eigenvalue weighted by Crippen LogP contribution is 2.37. The Labute approximate surface area is 91.5 Å². The van der Waals surface area contributed by atoms with Crippen LogP contribution < -0.4 is 0 Å². The third-order valence-electron chi connectivity index (χ3n) is 4.13. The third kappa shape index (κ3) is 1.89. The average molecular weight is 211 g/mol. The van der Waals surface area contributed by atoms with E-state index in [9.17, 15) is 9.90 Å². The van der Waals surface area contributed by atoms with Crippen molar-refractivity contribution in [1.82, 2.24) is 4.90 Å². The van der Waals surface area contributed by atoms with Gasteiger partial charge in [0.15, 0.2) is 0 Å². The summed E-state index contributed by atoms with van der Waals surface area (Å²) in [6, 6.07) is 0.400. The molecule has 2 fully saturated rings. The Hall–Kier alpha value is -0.570. The number of likely N-dealkylation sites (tertiary alicyclic amines) is 1. The van der Waals surface area contributed by atoms with Gasteiger partial charge in [0.1, 0.15) is 0 Å². The van der Waals surface area contributed by atoms with Gasteiger partial charge in [0.25, 0.3) is 0 Å². The number of rotatable bonds is 0. The molecule has 1 saturated carbocycles. The van der Waals surface area contributed by atoms with E-state index in [2.05, 4.69) is 0 Å². The molecular weight excluding hydrogens is 190 g/mol. The number of aliphatic hydroxyl groups excluding tert-OH is 1. The van der Waals surface area contributed by atoms with E-state index in [0.717, 1.165) is 12.8 Å². The number of hydrogen-bond donors (Lipinski definition) is 1. The second-order valence-electron chi connectivity index (χ2n) is 5.08. The van der Waals surface area contributed by atoms with Crippen LogP contribution in [0, 0.1) is 5.92 Å². The molecule has 3 nitrogen and oxygen atoms in total. The van der Waals surface area contributed by atoms with Crippen molar-refractivity contribution in [2.45, 2.75) is 64.1 Å². The van der Waals surface area contributed by atoms with Crippen molar-refractivity contribution in [3.8, 4) is 0 Å². The number of hydrogen-bond acceptors (Lipinski definition) is 2. The van der Waals surface area contributed by atoms with Gasteiger partial charge >= 0.3 is 0 Å². The maximum atomic E-state index is 11.6. The van der Waals surface area contributed by atoms with Crippen LogP contribution in [-0.4, -0.2) is 34.1 Å². The fourth-order valence-electron chi connectivity index (χ4n) is 3.34. The molecule has 86 valence electrons. The summed E-state index contributed by atoms with van der Waals surface area (Å²) in [6.07, 6.45) is 5.35. The zero-order valence-electron chi connectivity index (χ0n) is 9.65. The lowest BCUT2D eigenvalue weighted by Gasteiger charge is -2.49. The Bertz CT molecular complexity index is 254. The van der Waals surface area contributed by atoms with Crippen molar-refractivity contribution in [2.75, 3.05) is 0 Å². The first-order valence-corrected chi connectivity index (χ1v) is 6.08. The molecule has 1 aliphatic carbocycles. The van der Waals surface area contributed by atoms with Crippen LogP contribution in [0.5, 0.6) is 0 Å². The summed E-state index contributed by atoms with van der Waals surface area (Å²) < 4.78 is 0. The number of carbonyl (C=O) groups excluding carboxylic acids is 1. The van der Waals surface area contributed by atoms with Crippen molar-refractivity contribution >= 4 is 5.91 Å². The van der Waals surface area contributed by atoms with Gasteiger partial charge in [-0.25, -0.2) is 0 Å². The zero-order valence-corrected chi connectivity index (χ0v) is 9.65. The molecule has 0 aromatic rings. The predicted octanol–water partition coefficient (Wildman–Crippen LogP) is 1.55. The number of aliphatic hydroxyl groups is 1. The summed E-state index contributed by atoms with van der Waals surface area (Å²) in [5, 5.41) is 9.94. The topological polar surface area (TPSA) is 40.5 Å². The molecule has 4 atom stereocenters. The molecule has 0 aromatic heterocycles. The molecule has 1 N–H and O–H groups in total. The van der Waals surface area contributed by atoms with Crippen molar-refractivity contribution in [3.63, 3.8) is 0 Å². The van der Waals surface area contributed by atoms with Gasteiger partial charge in [-0.3, -0.25) is 4.79 Å². The minimum absolute atomic E-state index is 0.00171. The smallest absolute Gasteiger partial charge is 0.220 e. The van der Waals surface area contributed by atoms with Crippen LogP contribution in [0.1, 0.15) is 46.0 Å². The Morgan fingerprint density at radius 3 is 2.67 bits per heavy atom. The molecule has 0 bridgehead atoms. The van der Waals surface area contributed by atoms with Crippen LogP contribution in [-0.2, 0) is 4.79 Å². The highest BCUT2D eigenvalue weighted by molar-refractivity contribution is 5.74. The van der Waals surface area contributed by atoms with Crippen LogP contribution in [0.4, 0.5) is 0 Å². The fraction of sp³-hybridized carbons (Fsp3) is 0.917. The Morgan fingerprint density at radius 2 is 2.00 bits per heavy atom. The quantitative estimate of drug-likeness (QED) is 0.660. The molecule has 3 heteroatoms. The molecule has 1 aliphatic heterocycles. The van der Waals surface area contributed by atoms with Gasteiger partial charge in [-0.15, -0.1) is 0 Å². The second-order valence-corrected chi connectivity index (χ2v) is 5.08. The number of nitrogens with zero attached hydrogens (tertiary/aromatic N) is 1. The lowest BCUT2D eigenvalue weighted by atomic mass is 9.75. The molecule has 1 amide bonds. The first-order valence-electron chi connectivity index (χ1n) is 6.08.